The molecule has 83 heavy (non-hydrogen) atoms. The normalized spacial score (nSPS) is 12.1. The summed E-state index contributed by atoms with van der Waals surface area (Å²) < 4.78 is 7.52. The Morgan fingerprint density at radius 2 is 0.422 bits per heavy atom. The molecule has 16 rings (SSSR count). The molecule has 16 aromatic rings. The molecule has 3 nitrogen and oxygen atoms in total. The van der Waals surface area contributed by atoms with Gasteiger partial charge in [0, 0.05) is 38.0 Å². The highest BCUT2D eigenvalue weighted by Crippen LogP contribution is 2.40. The fourth-order valence-corrected chi connectivity index (χ4v) is 23.8. The topological polar surface area (TPSA) is 14.8 Å². The molecule has 13 aromatic carbocycles. The van der Waals surface area contributed by atoms with Gasteiger partial charge in [0.15, 0.2) is 16.1 Å². The summed E-state index contributed by atoms with van der Waals surface area (Å²) in [5, 5.41) is 18.2. The van der Waals surface area contributed by atoms with Crippen LogP contribution < -0.4 is 41.5 Å². The molecule has 5 heteroatoms. The lowest BCUT2D eigenvalue weighted by Gasteiger charge is -2.34. The molecule has 390 valence electrons. The molecule has 0 aliphatic heterocycles. The summed E-state index contributed by atoms with van der Waals surface area (Å²) in [6.07, 6.45) is 0. The molecule has 0 aliphatic rings. The van der Waals surface area contributed by atoms with Gasteiger partial charge in [0.1, 0.15) is 0 Å². The van der Waals surface area contributed by atoms with E-state index in [0.29, 0.717) is 0 Å². The molecule has 0 aliphatic carbocycles. The zero-order valence-corrected chi connectivity index (χ0v) is 47.6. The largest absolute Gasteiger partial charge is 0.309 e. The second kappa shape index (κ2) is 19.7. The summed E-state index contributed by atoms with van der Waals surface area (Å²) in [6, 6.07) is 125. The van der Waals surface area contributed by atoms with Gasteiger partial charge in [-0.05, 0) is 102 Å². The predicted octanol–water partition coefficient (Wildman–Crippen LogP) is 13.7. The van der Waals surface area contributed by atoms with Crippen molar-refractivity contribution in [2.45, 2.75) is 0 Å². The molecule has 0 radical (unpaired) electrons. The van der Waals surface area contributed by atoms with Crippen molar-refractivity contribution in [3.63, 3.8) is 0 Å². The van der Waals surface area contributed by atoms with Crippen LogP contribution in [0.4, 0.5) is 0 Å². The molecule has 3 heterocycles. The van der Waals surface area contributed by atoms with Crippen LogP contribution in [0.15, 0.2) is 334 Å². The Kier molecular flexibility index (Phi) is 11.6. The van der Waals surface area contributed by atoms with Crippen LogP contribution in [0.2, 0.25) is 0 Å². The van der Waals surface area contributed by atoms with Gasteiger partial charge in [0.2, 0.25) is 0 Å². The highest BCUT2D eigenvalue weighted by Gasteiger charge is 2.43. The van der Waals surface area contributed by atoms with Crippen LogP contribution in [-0.2, 0) is 0 Å². The zero-order chi connectivity index (χ0) is 54.9. The van der Waals surface area contributed by atoms with Gasteiger partial charge in [0.25, 0.3) is 0 Å². The lowest BCUT2D eigenvalue weighted by atomic mass is 10.1. The Morgan fingerprint density at radius 1 is 0.169 bits per heavy atom. The molecular formula is C78H55N3Si2. The van der Waals surface area contributed by atoms with E-state index in [4.69, 9.17) is 0 Å². The van der Waals surface area contributed by atoms with Crippen molar-refractivity contribution in [3.05, 3.63) is 334 Å². The third kappa shape index (κ3) is 7.42. The van der Waals surface area contributed by atoms with Crippen molar-refractivity contribution in [2.24, 2.45) is 0 Å². The first-order valence-electron chi connectivity index (χ1n) is 28.8. The van der Waals surface area contributed by atoms with Gasteiger partial charge < -0.3 is 13.7 Å². The van der Waals surface area contributed by atoms with Crippen LogP contribution in [0.3, 0.4) is 0 Å². The van der Waals surface area contributed by atoms with Gasteiger partial charge in [-0.15, -0.1) is 0 Å². The maximum atomic E-state index is 2.57. The SMILES string of the molecule is c1ccc([Si](c2ccccc2)(c2ccccc2)c2ccc3c(c2)c2ccccc2n3-c2ccc3c(c2)c2cc([Si](c4ccccc4)(c4ccccc4)c4ccccc4)ccc2n3-c2ccccc2-n2c3ccccc3c3ccccc32)cc1. The zero-order valence-electron chi connectivity index (χ0n) is 45.6. The van der Waals surface area contributed by atoms with E-state index in [2.05, 4.69) is 347 Å². The van der Waals surface area contributed by atoms with E-state index in [-0.39, 0.29) is 0 Å². The van der Waals surface area contributed by atoms with Crippen molar-refractivity contribution in [3.8, 4) is 17.1 Å². The molecular weight excluding hydrogens is 1040 g/mol. The molecule has 0 amide bonds. The number of hydrogen-bond acceptors (Lipinski definition) is 0. The summed E-state index contributed by atoms with van der Waals surface area (Å²) in [6.45, 7) is 0. The van der Waals surface area contributed by atoms with E-state index in [9.17, 15) is 0 Å². The monoisotopic (exact) mass is 1090 g/mol. The second-order valence-corrected chi connectivity index (χ2v) is 29.5. The molecule has 0 saturated heterocycles. The number of hydrogen-bond donors (Lipinski definition) is 0. The first kappa shape index (κ1) is 48.6. The smallest absolute Gasteiger partial charge is 0.179 e. The molecule has 0 fully saturated rings. The lowest BCUT2D eigenvalue weighted by molar-refractivity contribution is 1.09. The summed E-state index contributed by atoms with van der Waals surface area (Å²) in [5.41, 5.74) is 10.4. The fraction of sp³-hybridized carbons (Fsp3) is 0. The highest BCUT2D eigenvalue weighted by atomic mass is 28.3. The lowest BCUT2D eigenvalue weighted by Crippen LogP contribution is -2.74. The van der Waals surface area contributed by atoms with Crippen LogP contribution in [0, 0.1) is 0 Å². The Labute approximate surface area is 484 Å². The summed E-state index contributed by atoms with van der Waals surface area (Å²) in [5.74, 6) is 0. The first-order valence-corrected chi connectivity index (χ1v) is 32.8. The van der Waals surface area contributed by atoms with Gasteiger partial charge >= 0.3 is 0 Å². The van der Waals surface area contributed by atoms with Crippen molar-refractivity contribution in [1.29, 1.82) is 0 Å². The summed E-state index contributed by atoms with van der Waals surface area (Å²) in [7, 11) is -5.77. The number of nitrogens with zero attached hydrogens (tertiary/aromatic N) is 3. The van der Waals surface area contributed by atoms with E-state index in [1.54, 1.807) is 0 Å². The minimum absolute atomic E-state index is 1.12. The minimum atomic E-state index is -2.94. The van der Waals surface area contributed by atoms with Crippen LogP contribution in [-0.4, -0.2) is 29.8 Å². The first-order chi connectivity index (χ1) is 41.2. The van der Waals surface area contributed by atoms with Gasteiger partial charge in [-0.3, -0.25) is 0 Å². The Bertz CT molecular complexity index is 4820. The van der Waals surface area contributed by atoms with Gasteiger partial charge in [-0.1, -0.05) is 273 Å². The average molecular weight is 1090 g/mol. The summed E-state index contributed by atoms with van der Waals surface area (Å²) in [4.78, 5) is 0. The third-order valence-electron chi connectivity index (χ3n) is 17.7. The van der Waals surface area contributed by atoms with Crippen LogP contribution in [0.5, 0.6) is 0 Å². The van der Waals surface area contributed by atoms with E-state index in [1.807, 2.05) is 0 Å². The average Bonchev–Trinajstić information content (AvgIpc) is 4.43. The molecule has 0 spiro atoms. The predicted molar refractivity (Wildman–Crippen MR) is 357 cm³/mol. The molecule has 0 atom stereocenters. The molecule has 0 bridgehead atoms. The molecule has 0 saturated carbocycles. The third-order valence-corrected chi connectivity index (χ3v) is 27.3. The molecule has 0 N–H and O–H groups in total. The number of aromatic nitrogens is 3. The Morgan fingerprint density at radius 3 is 0.795 bits per heavy atom. The number of para-hydroxylation sites is 5. The Balaban J connectivity index is 0.987. The van der Waals surface area contributed by atoms with Crippen LogP contribution >= 0.6 is 0 Å². The van der Waals surface area contributed by atoms with E-state index < -0.39 is 16.1 Å². The van der Waals surface area contributed by atoms with Crippen molar-refractivity contribution < 1.29 is 0 Å². The minimum Gasteiger partial charge on any atom is -0.309 e. The second-order valence-electron chi connectivity index (χ2n) is 21.9. The van der Waals surface area contributed by atoms with Gasteiger partial charge in [0.05, 0.1) is 44.5 Å². The molecule has 0 unspecified atom stereocenters. The standard InChI is InChI=1S/C78H55N3Si2/c1-7-27-57(28-8-1)82(58-29-9-2-10-30-58,59-31-11-3-12-32-59)63-48-51-74-69(54-63)67-41-21-22-42-71(67)79(74)56-47-50-75-68(53-56)70-55-64(83(60-33-13-4-14-34-60,61-35-15-5-16-36-61)62-37-17-6-18-38-62)49-52-76(70)81(75)78-46-26-25-45-77(78)80-72-43-23-19-39-65(72)66-40-20-24-44-73(66)80/h1-55H. The van der Waals surface area contributed by atoms with Crippen molar-refractivity contribution in [1.82, 2.24) is 13.7 Å². The van der Waals surface area contributed by atoms with Crippen LogP contribution in [0.1, 0.15) is 0 Å². The summed E-state index contributed by atoms with van der Waals surface area (Å²) >= 11 is 0. The maximum Gasteiger partial charge on any atom is 0.179 e. The maximum absolute atomic E-state index is 2.94. The fourth-order valence-electron chi connectivity index (χ4n) is 14.3. The van der Waals surface area contributed by atoms with Gasteiger partial charge in [-0.25, -0.2) is 0 Å². The van der Waals surface area contributed by atoms with E-state index in [0.717, 1.165) is 28.1 Å². The highest BCUT2D eigenvalue weighted by molar-refractivity contribution is 7.20. The van der Waals surface area contributed by atoms with Crippen molar-refractivity contribution in [2.75, 3.05) is 0 Å². The number of benzene rings is 13. The van der Waals surface area contributed by atoms with E-state index in [1.165, 1.54) is 95.9 Å². The van der Waals surface area contributed by atoms with Crippen molar-refractivity contribution >= 4 is 123 Å². The van der Waals surface area contributed by atoms with Crippen LogP contribution in [0.25, 0.3) is 82.5 Å². The Hall–Kier alpha value is -10.3. The number of fused-ring (bicyclic) bond motifs is 9. The van der Waals surface area contributed by atoms with Gasteiger partial charge in [-0.2, -0.15) is 0 Å². The molecule has 3 aromatic heterocycles. The quantitative estimate of drug-likeness (QED) is 0.0906. The van der Waals surface area contributed by atoms with E-state index >= 15 is 0 Å². The number of rotatable bonds is 11.